The maximum atomic E-state index is 11.8. The molecular formula is C11H25N3O3S. The van der Waals surface area contributed by atoms with Crippen LogP contribution in [0, 0.1) is 0 Å². The van der Waals surface area contributed by atoms with Crippen LogP contribution in [0.4, 0.5) is 0 Å². The van der Waals surface area contributed by atoms with E-state index >= 15 is 0 Å². The van der Waals surface area contributed by atoms with Gasteiger partial charge in [-0.25, -0.2) is 13.1 Å². The van der Waals surface area contributed by atoms with Crippen molar-refractivity contribution >= 4 is 10.0 Å². The van der Waals surface area contributed by atoms with Crippen LogP contribution in [0.1, 0.15) is 19.8 Å². The van der Waals surface area contributed by atoms with Crippen LogP contribution in [0.5, 0.6) is 0 Å². The lowest BCUT2D eigenvalue weighted by atomic mass is 10.3. The van der Waals surface area contributed by atoms with Crippen molar-refractivity contribution in [3.8, 4) is 0 Å². The summed E-state index contributed by atoms with van der Waals surface area (Å²) in [6.07, 6.45) is 1.37. The number of ether oxygens (including phenoxy) is 1. The Labute approximate surface area is 110 Å². The number of nitrogens with two attached hydrogens (primary N) is 1. The topological polar surface area (TPSA) is 84.7 Å². The molecule has 0 spiro atoms. The zero-order valence-electron chi connectivity index (χ0n) is 11.1. The maximum Gasteiger partial charge on any atom is 0.215 e. The Kier molecular flexibility index (Phi) is 7.10. The van der Waals surface area contributed by atoms with Crippen molar-refractivity contribution < 1.29 is 13.2 Å². The van der Waals surface area contributed by atoms with Crippen LogP contribution in [0.25, 0.3) is 0 Å². The first-order valence-electron chi connectivity index (χ1n) is 6.58. The summed E-state index contributed by atoms with van der Waals surface area (Å²) in [5, 5.41) is -0.471. The van der Waals surface area contributed by atoms with Crippen LogP contribution >= 0.6 is 0 Å². The van der Waals surface area contributed by atoms with E-state index in [2.05, 4.69) is 9.62 Å². The quantitative estimate of drug-likeness (QED) is 0.578. The molecule has 3 N–H and O–H groups in total. The van der Waals surface area contributed by atoms with E-state index in [0.717, 1.165) is 39.3 Å². The summed E-state index contributed by atoms with van der Waals surface area (Å²) in [7, 11) is -3.24. The zero-order valence-corrected chi connectivity index (χ0v) is 11.9. The summed E-state index contributed by atoms with van der Waals surface area (Å²) in [5.41, 5.74) is 5.45. The van der Waals surface area contributed by atoms with Crippen molar-refractivity contribution in [1.29, 1.82) is 0 Å². The number of nitrogens with one attached hydrogen (secondary N) is 1. The fourth-order valence-electron chi connectivity index (χ4n) is 1.97. The van der Waals surface area contributed by atoms with Crippen LogP contribution in [0.3, 0.4) is 0 Å². The Morgan fingerprint density at radius 3 is 2.61 bits per heavy atom. The van der Waals surface area contributed by atoms with Gasteiger partial charge in [-0.2, -0.15) is 0 Å². The van der Waals surface area contributed by atoms with Crippen molar-refractivity contribution in [3.63, 3.8) is 0 Å². The Balaban J connectivity index is 2.20. The number of hydrogen-bond acceptors (Lipinski definition) is 5. The van der Waals surface area contributed by atoms with Gasteiger partial charge < -0.3 is 10.5 Å². The van der Waals surface area contributed by atoms with Gasteiger partial charge in [-0.3, -0.25) is 4.90 Å². The van der Waals surface area contributed by atoms with Crippen LogP contribution in [-0.2, 0) is 14.8 Å². The van der Waals surface area contributed by atoms with Gasteiger partial charge in [0.25, 0.3) is 0 Å². The number of morpholine rings is 1. The Morgan fingerprint density at radius 2 is 2.06 bits per heavy atom. The molecule has 0 aromatic rings. The molecular weight excluding hydrogens is 254 g/mol. The van der Waals surface area contributed by atoms with Gasteiger partial charge in [-0.05, 0) is 19.4 Å². The summed E-state index contributed by atoms with van der Waals surface area (Å²) >= 11 is 0. The predicted molar refractivity (Wildman–Crippen MR) is 71.9 cm³/mol. The van der Waals surface area contributed by atoms with Gasteiger partial charge in [0.15, 0.2) is 0 Å². The average molecular weight is 279 g/mol. The van der Waals surface area contributed by atoms with Crippen molar-refractivity contribution in [2.24, 2.45) is 5.73 Å². The summed E-state index contributed by atoms with van der Waals surface area (Å²) in [6.45, 7) is 6.83. The fourth-order valence-corrected chi connectivity index (χ4v) is 3.33. The van der Waals surface area contributed by atoms with Gasteiger partial charge in [0, 0.05) is 26.2 Å². The smallest absolute Gasteiger partial charge is 0.215 e. The Morgan fingerprint density at radius 1 is 1.39 bits per heavy atom. The Bertz CT molecular complexity index is 311. The van der Waals surface area contributed by atoms with E-state index < -0.39 is 15.3 Å². The number of rotatable bonds is 8. The van der Waals surface area contributed by atoms with Gasteiger partial charge in [-0.15, -0.1) is 0 Å². The van der Waals surface area contributed by atoms with Crippen LogP contribution in [0.2, 0.25) is 0 Å². The normalized spacial score (nSPS) is 19.9. The third-order valence-electron chi connectivity index (χ3n) is 3.22. The second-order valence-electron chi connectivity index (χ2n) is 4.51. The second-order valence-corrected chi connectivity index (χ2v) is 6.56. The monoisotopic (exact) mass is 279 g/mol. The van der Waals surface area contributed by atoms with Gasteiger partial charge in [0.1, 0.15) is 0 Å². The van der Waals surface area contributed by atoms with Crippen molar-refractivity contribution in [1.82, 2.24) is 9.62 Å². The van der Waals surface area contributed by atoms with E-state index in [0.29, 0.717) is 13.0 Å². The molecule has 1 heterocycles. The molecule has 1 aliphatic heterocycles. The minimum Gasteiger partial charge on any atom is -0.379 e. The lowest BCUT2D eigenvalue weighted by Gasteiger charge is -2.26. The van der Waals surface area contributed by atoms with Crippen molar-refractivity contribution in [3.05, 3.63) is 0 Å². The van der Waals surface area contributed by atoms with E-state index in [1.165, 1.54) is 0 Å². The molecule has 0 bridgehead atoms. The molecule has 1 saturated heterocycles. The molecule has 7 heteroatoms. The van der Waals surface area contributed by atoms with Gasteiger partial charge in [-0.1, -0.05) is 6.92 Å². The van der Waals surface area contributed by atoms with Crippen LogP contribution < -0.4 is 10.5 Å². The van der Waals surface area contributed by atoms with E-state index in [1.54, 1.807) is 0 Å². The number of hydrogen-bond donors (Lipinski definition) is 2. The highest BCUT2D eigenvalue weighted by Crippen LogP contribution is 2.02. The third kappa shape index (κ3) is 5.19. The SMILES string of the molecule is CCC(CN)S(=O)(=O)NCCCN1CCOCC1. The highest BCUT2D eigenvalue weighted by Gasteiger charge is 2.21. The van der Waals surface area contributed by atoms with Crippen molar-refractivity contribution in [2.75, 3.05) is 45.9 Å². The first-order valence-corrected chi connectivity index (χ1v) is 8.13. The molecule has 108 valence electrons. The molecule has 1 rings (SSSR count). The first kappa shape index (κ1) is 15.8. The summed E-state index contributed by atoms with van der Waals surface area (Å²) in [5.74, 6) is 0. The lowest BCUT2D eigenvalue weighted by molar-refractivity contribution is 0.0376. The van der Waals surface area contributed by atoms with E-state index in [4.69, 9.17) is 10.5 Å². The molecule has 1 unspecified atom stereocenters. The zero-order chi connectivity index (χ0) is 13.4. The van der Waals surface area contributed by atoms with Gasteiger partial charge in [0.2, 0.25) is 10.0 Å². The standard InChI is InChI=1S/C11H25N3O3S/c1-2-11(10-12)18(15,16)13-4-3-5-14-6-8-17-9-7-14/h11,13H,2-10,12H2,1H3. The number of sulfonamides is 1. The van der Waals surface area contributed by atoms with Crippen molar-refractivity contribution in [2.45, 2.75) is 25.0 Å². The predicted octanol–water partition coefficient (Wildman–Crippen LogP) is -0.635. The lowest BCUT2D eigenvalue weighted by Crippen LogP contribution is -2.41. The molecule has 6 nitrogen and oxygen atoms in total. The summed E-state index contributed by atoms with van der Waals surface area (Å²) < 4.78 is 31.5. The minimum atomic E-state index is -3.24. The van der Waals surface area contributed by atoms with E-state index in [9.17, 15) is 8.42 Å². The second kappa shape index (κ2) is 8.06. The highest BCUT2D eigenvalue weighted by molar-refractivity contribution is 7.90. The maximum absolute atomic E-state index is 11.8. The van der Waals surface area contributed by atoms with Crippen LogP contribution in [-0.4, -0.2) is 64.5 Å². The summed E-state index contributed by atoms with van der Waals surface area (Å²) in [6, 6.07) is 0. The molecule has 0 saturated carbocycles. The molecule has 0 aliphatic carbocycles. The minimum absolute atomic E-state index is 0.176. The highest BCUT2D eigenvalue weighted by atomic mass is 32.2. The molecule has 1 aliphatic rings. The van der Waals surface area contributed by atoms with E-state index in [-0.39, 0.29) is 6.54 Å². The number of nitrogens with zero attached hydrogens (tertiary/aromatic N) is 1. The molecule has 1 fully saturated rings. The van der Waals surface area contributed by atoms with Gasteiger partial charge >= 0.3 is 0 Å². The molecule has 18 heavy (non-hydrogen) atoms. The molecule has 1 atom stereocenters. The molecule has 0 radical (unpaired) electrons. The molecule has 0 aromatic heterocycles. The first-order chi connectivity index (χ1) is 8.60. The summed E-state index contributed by atoms with van der Waals surface area (Å²) in [4.78, 5) is 2.29. The van der Waals surface area contributed by atoms with Gasteiger partial charge in [0.05, 0.1) is 18.5 Å². The fraction of sp³-hybridized carbons (Fsp3) is 1.00. The largest absolute Gasteiger partial charge is 0.379 e. The molecule has 0 amide bonds. The van der Waals surface area contributed by atoms with Crippen LogP contribution in [0.15, 0.2) is 0 Å². The Hall–Kier alpha value is -0.210. The average Bonchev–Trinajstić information content (AvgIpc) is 2.37. The van der Waals surface area contributed by atoms with E-state index in [1.807, 2.05) is 6.92 Å². The third-order valence-corrected chi connectivity index (χ3v) is 5.23. The molecule has 0 aromatic carbocycles.